The van der Waals surface area contributed by atoms with E-state index in [0.717, 1.165) is 12.0 Å². The summed E-state index contributed by atoms with van der Waals surface area (Å²) in [5, 5.41) is 10.6. The monoisotopic (exact) mass is 491 g/mol. The molecule has 0 spiro atoms. The number of hydrogen-bond acceptors (Lipinski definition) is 5. The Bertz CT molecular complexity index is 1270. The molecule has 0 amide bonds. The van der Waals surface area contributed by atoms with Gasteiger partial charge in [0.25, 0.3) is 10.0 Å². The zero-order valence-electron chi connectivity index (χ0n) is 18.9. The molecule has 0 saturated carbocycles. The van der Waals surface area contributed by atoms with E-state index in [1.807, 2.05) is 18.2 Å². The van der Waals surface area contributed by atoms with Gasteiger partial charge in [-0.05, 0) is 55.0 Å². The molecule has 1 aliphatic heterocycles. The van der Waals surface area contributed by atoms with Crippen molar-refractivity contribution in [3.05, 3.63) is 89.2 Å². The van der Waals surface area contributed by atoms with Crippen LogP contribution in [0.3, 0.4) is 0 Å². The van der Waals surface area contributed by atoms with Crippen LogP contribution < -0.4 is 43.7 Å². The minimum absolute atomic E-state index is 0. The van der Waals surface area contributed by atoms with Crippen molar-refractivity contribution in [1.29, 1.82) is 0 Å². The maximum Gasteiger partial charge on any atom is 1.00 e. The molecular formula is C25H23FNNaO5S. The first kappa shape index (κ1) is 26.2. The number of sulfonamides is 1. The van der Waals surface area contributed by atoms with E-state index in [1.165, 1.54) is 16.4 Å². The number of hydrogen-bond donors (Lipinski definition) is 0. The average Bonchev–Trinajstić information content (AvgIpc) is 2.82. The minimum Gasteiger partial charge on any atom is -0.550 e. The van der Waals surface area contributed by atoms with Gasteiger partial charge in [0.1, 0.15) is 18.2 Å². The zero-order valence-corrected chi connectivity index (χ0v) is 21.7. The molecule has 0 aromatic heterocycles. The van der Waals surface area contributed by atoms with Crippen LogP contribution >= 0.6 is 0 Å². The molecule has 0 N–H and O–H groups in total. The molecule has 0 saturated heterocycles. The number of halogens is 1. The molecule has 0 bridgehead atoms. The largest absolute Gasteiger partial charge is 1.00 e. The third-order valence-electron chi connectivity index (χ3n) is 5.61. The van der Waals surface area contributed by atoms with Crippen molar-refractivity contribution in [1.82, 2.24) is 0 Å². The van der Waals surface area contributed by atoms with Crippen molar-refractivity contribution >= 4 is 21.7 Å². The summed E-state index contributed by atoms with van der Waals surface area (Å²) in [7, 11) is -3.74. The molecule has 3 aromatic carbocycles. The van der Waals surface area contributed by atoms with Crippen LogP contribution in [-0.2, 0) is 34.3 Å². The van der Waals surface area contributed by atoms with E-state index in [0.29, 0.717) is 24.2 Å². The molecule has 4 rings (SSSR count). The van der Waals surface area contributed by atoms with E-state index in [4.69, 9.17) is 4.74 Å². The number of para-hydroxylation sites is 1. The second-order valence-corrected chi connectivity index (χ2v) is 9.69. The van der Waals surface area contributed by atoms with Crippen molar-refractivity contribution in [3.8, 4) is 5.75 Å². The number of carbonyl (C=O) groups excluding carboxylic acids is 1. The van der Waals surface area contributed by atoms with E-state index in [2.05, 4.69) is 0 Å². The minimum atomic E-state index is -3.74. The summed E-state index contributed by atoms with van der Waals surface area (Å²) < 4.78 is 48.3. The Morgan fingerprint density at radius 1 is 1.03 bits per heavy atom. The van der Waals surface area contributed by atoms with E-state index in [-0.39, 0.29) is 65.2 Å². The van der Waals surface area contributed by atoms with Crippen molar-refractivity contribution in [2.45, 2.75) is 37.2 Å². The Balaban J connectivity index is 0.00000324. The SMILES string of the molecule is O=C([O-])CCc1ccc(OCc2cccc3c2N(S(=O)(=O)c2ccccc2)CCC3)cc1F.[Na+]. The van der Waals surface area contributed by atoms with Crippen molar-refractivity contribution in [3.63, 3.8) is 0 Å². The Hall–Kier alpha value is -2.39. The molecule has 3 aromatic rings. The molecule has 34 heavy (non-hydrogen) atoms. The van der Waals surface area contributed by atoms with Gasteiger partial charge in [0.05, 0.1) is 10.6 Å². The van der Waals surface area contributed by atoms with E-state index in [1.54, 1.807) is 36.4 Å². The van der Waals surface area contributed by atoms with Gasteiger partial charge in [0.2, 0.25) is 0 Å². The van der Waals surface area contributed by atoms with Gasteiger partial charge in [-0.3, -0.25) is 4.31 Å². The van der Waals surface area contributed by atoms with Crippen molar-refractivity contribution < 1.29 is 57.0 Å². The molecule has 6 nitrogen and oxygen atoms in total. The van der Waals surface area contributed by atoms with Gasteiger partial charge in [-0.1, -0.05) is 42.5 Å². The molecule has 0 atom stereocenters. The van der Waals surface area contributed by atoms with E-state index in [9.17, 15) is 22.7 Å². The Morgan fingerprint density at radius 2 is 1.79 bits per heavy atom. The summed E-state index contributed by atoms with van der Waals surface area (Å²) in [6, 6.07) is 18.2. The third kappa shape index (κ3) is 5.81. The first-order chi connectivity index (χ1) is 15.9. The average molecular weight is 492 g/mol. The summed E-state index contributed by atoms with van der Waals surface area (Å²) in [5.74, 6) is -1.52. The number of aliphatic carboxylic acids is 1. The number of anilines is 1. The zero-order chi connectivity index (χ0) is 23.4. The summed E-state index contributed by atoms with van der Waals surface area (Å²) in [6.45, 7) is 0.421. The fourth-order valence-corrected chi connectivity index (χ4v) is 5.59. The first-order valence-electron chi connectivity index (χ1n) is 10.7. The maximum absolute atomic E-state index is 14.3. The molecule has 0 radical (unpaired) electrons. The number of ether oxygens (including phenoxy) is 1. The Labute approximate surface area is 220 Å². The number of carboxylic acids is 1. The van der Waals surface area contributed by atoms with E-state index < -0.39 is 21.8 Å². The van der Waals surface area contributed by atoms with Gasteiger partial charge in [-0.15, -0.1) is 0 Å². The number of fused-ring (bicyclic) bond motifs is 1. The summed E-state index contributed by atoms with van der Waals surface area (Å²) in [4.78, 5) is 10.8. The number of nitrogens with zero attached hydrogens (tertiary/aromatic N) is 1. The number of rotatable bonds is 8. The second-order valence-electron chi connectivity index (χ2n) is 7.83. The Kier molecular flexibility index (Phi) is 8.76. The molecule has 0 aliphatic carbocycles. The fourth-order valence-electron chi connectivity index (χ4n) is 3.99. The molecule has 172 valence electrons. The van der Waals surface area contributed by atoms with Crippen LogP contribution in [0.15, 0.2) is 71.6 Å². The van der Waals surface area contributed by atoms with Crippen LogP contribution in [0.5, 0.6) is 5.75 Å². The number of carboxylic acid groups (broad SMARTS) is 1. The maximum atomic E-state index is 14.3. The summed E-state index contributed by atoms with van der Waals surface area (Å²) in [6.07, 6.45) is 1.24. The topological polar surface area (TPSA) is 86.7 Å². The van der Waals surface area contributed by atoms with Crippen LogP contribution in [-0.4, -0.2) is 20.9 Å². The molecule has 0 fully saturated rings. The summed E-state index contributed by atoms with van der Waals surface area (Å²) in [5.41, 5.74) is 2.49. The van der Waals surface area contributed by atoms with Crippen LogP contribution in [0.2, 0.25) is 0 Å². The number of carbonyl (C=O) groups is 1. The smallest absolute Gasteiger partial charge is 0.550 e. The van der Waals surface area contributed by atoms with Gasteiger partial charge in [-0.2, -0.15) is 0 Å². The van der Waals surface area contributed by atoms with Crippen LogP contribution in [0.4, 0.5) is 10.1 Å². The molecular weight excluding hydrogens is 468 g/mol. The molecule has 0 unspecified atom stereocenters. The quantitative estimate of drug-likeness (QED) is 0.421. The molecule has 1 aliphatic rings. The Morgan fingerprint density at radius 3 is 2.50 bits per heavy atom. The summed E-state index contributed by atoms with van der Waals surface area (Å²) >= 11 is 0. The van der Waals surface area contributed by atoms with Gasteiger partial charge in [-0.25, -0.2) is 12.8 Å². The van der Waals surface area contributed by atoms with Crippen LogP contribution in [0.1, 0.15) is 29.5 Å². The van der Waals surface area contributed by atoms with Crippen LogP contribution in [0.25, 0.3) is 0 Å². The number of aryl methyl sites for hydroxylation is 2. The predicted molar refractivity (Wildman–Crippen MR) is 120 cm³/mol. The van der Waals surface area contributed by atoms with Gasteiger partial charge < -0.3 is 14.6 Å². The van der Waals surface area contributed by atoms with Crippen molar-refractivity contribution in [2.24, 2.45) is 0 Å². The normalized spacial score (nSPS) is 13.0. The first-order valence-corrected chi connectivity index (χ1v) is 12.1. The van der Waals surface area contributed by atoms with Gasteiger partial charge in [0, 0.05) is 24.1 Å². The van der Waals surface area contributed by atoms with Gasteiger partial charge in [0.15, 0.2) is 0 Å². The van der Waals surface area contributed by atoms with Gasteiger partial charge >= 0.3 is 29.6 Å². The molecule has 9 heteroatoms. The van der Waals surface area contributed by atoms with Crippen molar-refractivity contribution in [2.75, 3.05) is 10.8 Å². The predicted octanol–water partition coefficient (Wildman–Crippen LogP) is 0.233. The molecule has 1 heterocycles. The van der Waals surface area contributed by atoms with E-state index >= 15 is 0 Å². The number of benzene rings is 3. The van der Waals surface area contributed by atoms with Crippen LogP contribution in [0, 0.1) is 5.82 Å². The third-order valence-corrected chi connectivity index (χ3v) is 7.42. The fraction of sp³-hybridized carbons (Fsp3) is 0.240. The standard InChI is InChI=1S/C25H24FNO5S.Na/c26-23-16-21(13-11-18(23)12-14-24(28)29)32-17-20-7-4-6-19-8-5-15-27(25(19)20)33(30,31)22-9-2-1-3-10-22;/h1-4,6-7,9-11,13,16H,5,8,12,14-15,17H2,(H,28,29);/q;+1/p-1. The second kappa shape index (κ2) is 11.4.